The summed E-state index contributed by atoms with van der Waals surface area (Å²) in [6.07, 6.45) is -4.06. The first-order valence-electron chi connectivity index (χ1n) is 4.32. The van der Waals surface area contributed by atoms with E-state index in [9.17, 15) is 18.0 Å². The molecule has 0 saturated heterocycles. The fraction of sp³-hybridized carbons (Fsp3) is 0.500. The number of aliphatic hydroxyl groups excluding tert-OH is 1. The lowest BCUT2D eigenvalue weighted by Gasteiger charge is -2.10. The zero-order valence-corrected chi connectivity index (χ0v) is 8.28. The van der Waals surface area contributed by atoms with Crippen LogP contribution in [-0.2, 0) is 17.6 Å². The Hall–Kier alpha value is -1.57. The van der Waals surface area contributed by atoms with Crippen molar-refractivity contribution >= 4 is 5.97 Å². The predicted octanol–water partition coefficient (Wildman–Crippen LogP) is 1.03. The minimum atomic E-state index is -4.78. The highest BCUT2D eigenvalue weighted by atomic mass is 19.4. The van der Waals surface area contributed by atoms with Gasteiger partial charge in [-0.3, -0.25) is 0 Å². The molecule has 0 aromatic carbocycles. The summed E-state index contributed by atoms with van der Waals surface area (Å²) in [4.78, 5) is 11.2. The molecule has 0 bridgehead atoms. The van der Waals surface area contributed by atoms with Crippen LogP contribution in [0.3, 0.4) is 0 Å². The normalized spacial score (nSPS) is 11.6. The second-order valence-electron chi connectivity index (χ2n) is 2.77. The fourth-order valence-corrected chi connectivity index (χ4v) is 1.15. The van der Waals surface area contributed by atoms with Crippen molar-refractivity contribution in [1.29, 1.82) is 0 Å². The number of halogens is 3. The third kappa shape index (κ3) is 2.32. The summed E-state index contributed by atoms with van der Waals surface area (Å²) in [6.45, 7) is 0.469. The van der Waals surface area contributed by atoms with Crippen LogP contribution in [0.5, 0.6) is 0 Å². The van der Waals surface area contributed by atoms with Crippen molar-refractivity contribution in [3.63, 3.8) is 0 Å². The lowest BCUT2D eigenvalue weighted by molar-refractivity contribution is -0.146. The number of aromatic nitrogens is 2. The average molecular weight is 238 g/mol. The minimum absolute atomic E-state index is 0.0412. The number of aliphatic hydroxyl groups is 1. The Kier molecular flexibility index (Phi) is 3.53. The van der Waals surface area contributed by atoms with Crippen LogP contribution in [0.1, 0.15) is 23.0 Å². The van der Waals surface area contributed by atoms with Crippen molar-refractivity contribution in [2.45, 2.75) is 19.8 Å². The number of esters is 1. The van der Waals surface area contributed by atoms with E-state index in [0.29, 0.717) is 0 Å². The molecule has 0 amide bonds. The molecule has 1 aromatic rings. The first-order valence-corrected chi connectivity index (χ1v) is 4.32. The number of carbonyl (C=O) groups excluding carboxylic acids is 1. The molecule has 0 spiro atoms. The van der Waals surface area contributed by atoms with E-state index in [2.05, 4.69) is 9.84 Å². The number of hydrogen-bond acceptors (Lipinski definition) is 4. The van der Waals surface area contributed by atoms with Crippen molar-refractivity contribution in [3.05, 3.63) is 17.5 Å². The smallest absolute Gasteiger partial charge is 0.434 e. The van der Waals surface area contributed by atoms with Crippen LogP contribution in [0.15, 0.2) is 6.20 Å². The summed E-state index contributed by atoms with van der Waals surface area (Å²) in [6, 6.07) is 0. The Balaban J connectivity index is 3.20. The highest BCUT2D eigenvalue weighted by molar-refractivity contribution is 5.90. The van der Waals surface area contributed by atoms with Crippen LogP contribution < -0.4 is 0 Å². The van der Waals surface area contributed by atoms with E-state index in [0.717, 1.165) is 6.20 Å². The van der Waals surface area contributed by atoms with Crippen LogP contribution in [0, 0.1) is 0 Å². The van der Waals surface area contributed by atoms with Crippen LogP contribution in [0.25, 0.3) is 0 Å². The number of hydrogen-bond donors (Lipinski definition) is 1. The SMILES string of the molecule is CCOC(=O)c1cnn(CO)c1C(F)(F)F. The van der Waals surface area contributed by atoms with Gasteiger partial charge in [-0.2, -0.15) is 18.3 Å². The van der Waals surface area contributed by atoms with Crippen LogP contribution in [-0.4, -0.2) is 27.5 Å². The second-order valence-corrected chi connectivity index (χ2v) is 2.77. The molecule has 1 N–H and O–H groups in total. The molecule has 0 aliphatic carbocycles. The Bertz CT molecular complexity index is 386. The molecule has 1 aromatic heterocycles. The molecule has 0 radical (unpaired) electrons. The third-order valence-corrected chi connectivity index (χ3v) is 1.74. The van der Waals surface area contributed by atoms with Gasteiger partial charge in [0, 0.05) is 0 Å². The van der Waals surface area contributed by atoms with Crippen LogP contribution in [0.4, 0.5) is 13.2 Å². The van der Waals surface area contributed by atoms with E-state index in [1.54, 1.807) is 0 Å². The molecular formula is C8H9F3N2O3. The van der Waals surface area contributed by atoms with E-state index in [-0.39, 0.29) is 11.3 Å². The summed E-state index contributed by atoms with van der Waals surface area (Å²) in [5.74, 6) is -1.12. The van der Waals surface area contributed by atoms with E-state index < -0.39 is 30.1 Å². The summed E-state index contributed by atoms with van der Waals surface area (Å²) >= 11 is 0. The van der Waals surface area contributed by atoms with Crippen LogP contribution in [0.2, 0.25) is 0 Å². The molecule has 1 heterocycles. The van der Waals surface area contributed by atoms with Gasteiger partial charge in [-0.15, -0.1) is 0 Å². The first kappa shape index (κ1) is 12.5. The highest BCUT2D eigenvalue weighted by Crippen LogP contribution is 2.32. The number of ether oxygens (including phenoxy) is 1. The van der Waals surface area contributed by atoms with E-state index >= 15 is 0 Å². The molecule has 0 unspecified atom stereocenters. The maximum Gasteiger partial charge on any atom is 0.434 e. The van der Waals surface area contributed by atoms with Gasteiger partial charge < -0.3 is 9.84 Å². The lowest BCUT2D eigenvalue weighted by atomic mass is 10.2. The van der Waals surface area contributed by atoms with Gasteiger partial charge in [-0.25, -0.2) is 9.48 Å². The minimum Gasteiger partial charge on any atom is -0.462 e. The number of rotatable bonds is 3. The van der Waals surface area contributed by atoms with Crippen molar-refractivity contribution in [2.75, 3.05) is 6.61 Å². The van der Waals surface area contributed by atoms with E-state index in [4.69, 9.17) is 5.11 Å². The Morgan fingerprint density at radius 3 is 2.69 bits per heavy atom. The maximum absolute atomic E-state index is 12.6. The molecule has 0 fully saturated rings. The van der Waals surface area contributed by atoms with Crippen molar-refractivity contribution < 1.29 is 27.8 Å². The van der Waals surface area contributed by atoms with Crippen LogP contribution >= 0.6 is 0 Å². The van der Waals surface area contributed by atoms with Gasteiger partial charge in [-0.05, 0) is 6.92 Å². The van der Waals surface area contributed by atoms with Gasteiger partial charge in [0.25, 0.3) is 0 Å². The third-order valence-electron chi connectivity index (χ3n) is 1.74. The number of alkyl halides is 3. The summed E-state index contributed by atoms with van der Waals surface area (Å²) < 4.78 is 42.4. The summed E-state index contributed by atoms with van der Waals surface area (Å²) in [7, 11) is 0. The Morgan fingerprint density at radius 1 is 1.62 bits per heavy atom. The van der Waals surface area contributed by atoms with Gasteiger partial charge in [0.2, 0.25) is 0 Å². The maximum atomic E-state index is 12.6. The van der Waals surface area contributed by atoms with E-state index in [1.165, 1.54) is 6.92 Å². The summed E-state index contributed by atoms with van der Waals surface area (Å²) in [5.41, 5.74) is -2.02. The Labute approximate surface area is 88.4 Å². The highest BCUT2D eigenvalue weighted by Gasteiger charge is 2.40. The molecule has 0 aliphatic heterocycles. The molecule has 16 heavy (non-hydrogen) atoms. The number of nitrogens with zero attached hydrogens (tertiary/aromatic N) is 2. The second kappa shape index (κ2) is 4.52. The lowest BCUT2D eigenvalue weighted by Crippen LogP contribution is -2.19. The molecule has 90 valence electrons. The zero-order chi connectivity index (χ0) is 12.3. The molecular weight excluding hydrogens is 229 g/mol. The largest absolute Gasteiger partial charge is 0.462 e. The van der Waals surface area contributed by atoms with Crippen molar-refractivity contribution in [1.82, 2.24) is 9.78 Å². The standard InChI is InChI=1S/C8H9F3N2O3/c1-2-16-7(15)5-3-12-13(4-14)6(5)8(9,10)11/h3,14H,2,4H2,1H3. The van der Waals surface area contributed by atoms with Crippen molar-refractivity contribution in [2.24, 2.45) is 0 Å². The van der Waals surface area contributed by atoms with Gasteiger partial charge >= 0.3 is 12.1 Å². The Morgan fingerprint density at radius 2 is 2.25 bits per heavy atom. The molecule has 8 heteroatoms. The molecule has 0 saturated carbocycles. The first-order chi connectivity index (χ1) is 7.41. The van der Waals surface area contributed by atoms with Gasteiger partial charge in [0.05, 0.1) is 12.8 Å². The molecule has 0 aliphatic rings. The monoisotopic (exact) mass is 238 g/mol. The topological polar surface area (TPSA) is 64.3 Å². The molecule has 5 nitrogen and oxygen atoms in total. The quantitative estimate of drug-likeness (QED) is 0.799. The van der Waals surface area contributed by atoms with Crippen molar-refractivity contribution in [3.8, 4) is 0 Å². The zero-order valence-electron chi connectivity index (χ0n) is 8.28. The number of carbonyl (C=O) groups is 1. The van der Waals surface area contributed by atoms with Gasteiger partial charge in [0.15, 0.2) is 5.69 Å². The average Bonchev–Trinajstić information content (AvgIpc) is 2.60. The molecule has 1 rings (SSSR count). The van der Waals surface area contributed by atoms with Gasteiger partial charge in [0.1, 0.15) is 12.3 Å². The fourth-order valence-electron chi connectivity index (χ4n) is 1.15. The van der Waals surface area contributed by atoms with E-state index in [1.807, 2.05) is 0 Å². The van der Waals surface area contributed by atoms with Gasteiger partial charge in [-0.1, -0.05) is 0 Å². The summed E-state index contributed by atoms with van der Waals surface area (Å²) in [5, 5.41) is 11.9. The predicted molar refractivity (Wildman–Crippen MR) is 45.4 cm³/mol. The molecule has 0 atom stereocenters.